The van der Waals surface area contributed by atoms with E-state index in [1.165, 1.54) is 12.1 Å². The third-order valence-electron chi connectivity index (χ3n) is 5.09. The number of nitro benzene ring substituents is 1. The van der Waals surface area contributed by atoms with Gasteiger partial charge in [0.25, 0.3) is 15.7 Å². The lowest BCUT2D eigenvalue weighted by molar-refractivity contribution is -0.384. The summed E-state index contributed by atoms with van der Waals surface area (Å²) in [4.78, 5) is 22.8. The van der Waals surface area contributed by atoms with Crippen molar-refractivity contribution in [2.45, 2.75) is 18.4 Å². The monoisotopic (exact) mass is 450 g/mol. The molecule has 1 aromatic heterocycles. The molecule has 0 amide bonds. The van der Waals surface area contributed by atoms with Gasteiger partial charge in [0.1, 0.15) is 0 Å². The third kappa shape index (κ3) is 3.85. The van der Waals surface area contributed by atoms with E-state index < -0.39 is 20.6 Å². The highest BCUT2D eigenvalue weighted by atomic mass is 32.2. The van der Waals surface area contributed by atoms with E-state index in [0.717, 1.165) is 16.4 Å². The molecule has 8 nitrogen and oxygen atoms in total. The number of nitro groups is 1. The zero-order valence-electron chi connectivity index (χ0n) is 17.0. The second-order valence-electron chi connectivity index (χ2n) is 7.11. The maximum absolute atomic E-state index is 13.6. The van der Waals surface area contributed by atoms with Crippen molar-refractivity contribution in [2.75, 3.05) is 4.31 Å². The van der Waals surface area contributed by atoms with Gasteiger partial charge in [-0.3, -0.25) is 10.1 Å². The summed E-state index contributed by atoms with van der Waals surface area (Å²) in [6.07, 6.45) is 0. The standard InChI is InChI=1S/C23H18N2O6S/c1-16-20-9-5-6-10-21(20)23(26)31-22(16)24(15-17-7-3-2-4-8-17)32(29,30)19-13-11-18(12-14-19)25(27)28/h2-14H,15H2,1H3. The normalized spacial score (nSPS) is 11.4. The van der Waals surface area contributed by atoms with Crippen molar-refractivity contribution in [3.05, 3.63) is 111 Å². The van der Waals surface area contributed by atoms with Crippen LogP contribution < -0.4 is 9.93 Å². The lowest BCUT2D eigenvalue weighted by atomic mass is 10.1. The van der Waals surface area contributed by atoms with Crippen LogP contribution in [0.4, 0.5) is 11.6 Å². The fourth-order valence-corrected chi connectivity index (χ4v) is 4.89. The molecule has 0 bridgehead atoms. The van der Waals surface area contributed by atoms with E-state index in [1.54, 1.807) is 61.5 Å². The van der Waals surface area contributed by atoms with Crippen molar-refractivity contribution in [3.8, 4) is 0 Å². The van der Waals surface area contributed by atoms with Crippen molar-refractivity contribution < 1.29 is 17.8 Å². The Hall–Kier alpha value is -3.98. The topological polar surface area (TPSA) is 111 Å². The number of non-ortho nitro benzene ring substituents is 1. The van der Waals surface area contributed by atoms with Gasteiger partial charge in [0.05, 0.1) is 21.7 Å². The number of aryl methyl sites for hydroxylation is 1. The first kappa shape index (κ1) is 21.3. The molecule has 0 aliphatic rings. The molecular weight excluding hydrogens is 432 g/mol. The molecule has 4 aromatic rings. The number of hydrogen-bond donors (Lipinski definition) is 0. The average Bonchev–Trinajstić information content (AvgIpc) is 2.81. The highest BCUT2D eigenvalue weighted by molar-refractivity contribution is 7.92. The van der Waals surface area contributed by atoms with Gasteiger partial charge in [-0.1, -0.05) is 48.5 Å². The number of nitrogens with zero attached hydrogens (tertiary/aromatic N) is 2. The minimum absolute atomic E-state index is 0.0950. The van der Waals surface area contributed by atoms with Crippen LogP contribution in [-0.4, -0.2) is 13.3 Å². The van der Waals surface area contributed by atoms with Crippen LogP contribution in [0.5, 0.6) is 0 Å². The highest BCUT2D eigenvalue weighted by Crippen LogP contribution is 2.32. The summed E-state index contributed by atoms with van der Waals surface area (Å²) in [5.74, 6) is -0.101. The summed E-state index contributed by atoms with van der Waals surface area (Å²) in [6, 6.07) is 20.2. The maximum Gasteiger partial charge on any atom is 0.345 e. The quantitative estimate of drug-likeness (QED) is 0.318. The highest BCUT2D eigenvalue weighted by Gasteiger charge is 2.30. The van der Waals surface area contributed by atoms with Crippen molar-refractivity contribution in [2.24, 2.45) is 0 Å². The second kappa shape index (κ2) is 8.27. The third-order valence-corrected chi connectivity index (χ3v) is 6.84. The molecule has 0 fully saturated rings. The van der Waals surface area contributed by atoms with Gasteiger partial charge in [0, 0.05) is 17.7 Å². The molecule has 0 saturated heterocycles. The molecule has 0 atom stereocenters. The van der Waals surface area contributed by atoms with Crippen molar-refractivity contribution >= 4 is 32.4 Å². The molecule has 0 N–H and O–H groups in total. The van der Waals surface area contributed by atoms with Crippen molar-refractivity contribution in [1.29, 1.82) is 0 Å². The lowest BCUT2D eigenvalue weighted by Crippen LogP contribution is -2.32. The van der Waals surface area contributed by atoms with E-state index in [1.807, 2.05) is 0 Å². The van der Waals surface area contributed by atoms with Gasteiger partial charge >= 0.3 is 5.63 Å². The Morgan fingerprint density at radius 3 is 2.12 bits per heavy atom. The Balaban J connectivity index is 1.92. The van der Waals surface area contributed by atoms with Crippen molar-refractivity contribution in [3.63, 3.8) is 0 Å². The number of anilines is 1. The van der Waals surface area contributed by atoms with Crippen LogP contribution in [0.15, 0.2) is 93.0 Å². The van der Waals surface area contributed by atoms with Crippen LogP contribution in [0, 0.1) is 17.0 Å². The minimum atomic E-state index is -4.22. The Labute approximate surface area is 183 Å². The molecule has 9 heteroatoms. The molecule has 0 aliphatic carbocycles. The van der Waals surface area contributed by atoms with Gasteiger partial charge in [-0.05, 0) is 36.1 Å². The average molecular weight is 450 g/mol. The minimum Gasteiger partial charge on any atom is -0.405 e. The zero-order valence-corrected chi connectivity index (χ0v) is 17.8. The van der Waals surface area contributed by atoms with Crippen LogP contribution in [0.25, 0.3) is 10.8 Å². The van der Waals surface area contributed by atoms with Gasteiger partial charge in [-0.2, -0.15) is 0 Å². The van der Waals surface area contributed by atoms with E-state index in [4.69, 9.17) is 4.42 Å². The predicted molar refractivity (Wildman–Crippen MR) is 120 cm³/mol. The Kier molecular flexibility index (Phi) is 5.50. The van der Waals surface area contributed by atoms with E-state index in [0.29, 0.717) is 21.9 Å². The smallest absolute Gasteiger partial charge is 0.345 e. The molecule has 1 heterocycles. The van der Waals surface area contributed by atoms with Crippen LogP contribution in [-0.2, 0) is 16.6 Å². The largest absolute Gasteiger partial charge is 0.405 e. The van der Waals surface area contributed by atoms with Crippen LogP contribution >= 0.6 is 0 Å². The summed E-state index contributed by atoms with van der Waals surface area (Å²) in [5, 5.41) is 11.9. The SMILES string of the molecule is Cc1c(N(Cc2ccccc2)S(=O)(=O)c2ccc([N+](=O)[O-])cc2)oc(=O)c2ccccc12. The number of hydrogen-bond acceptors (Lipinski definition) is 6. The summed E-state index contributed by atoms with van der Waals surface area (Å²) in [5.41, 5.74) is 0.278. The first-order chi connectivity index (χ1) is 15.3. The van der Waals surface area contributed by atoms with Gasteiger partial charge in [-0.25, -0.2) is 17.5 Å². The molecule has 0 aliphatic heterocycles. The Morgan fingerprint density at radius 2 is 1.50 bits per heavy atom. The molecule has 162 valence electrons. The second-order valence-corrected chi connectivity index (χ2v) is 8.98. The molecule has 4 rings (SSSR count). The summed E-state index contributed by atoms with van der Waals surface area (Å²) >= 11 is 0. The number of rotatable bonds is 6. The Bertz CT molecular complexity index is 1460. The van der Waals surface area contributed by atoms with E-state index in [2.05, 4.69) is 0 Å². The first-order valence-electron chi connectivity index (χ1n) is 9.62. The van der Waals surface area contributed by atoms with E-state index in [-0.39, 0.29) is 23.0 Å². The Morgan fingerprint density at radius 1 is 0.906 bits per heavy atom. The molecule has 0 saturated carbocycles. The molecule has 0 spiro atoms. The van der Waals surface area contributed by atoms with Crippen molar-refractivity contribution in [1.82, 2.24) is 0 Å². The molecule has 3 aromatic carbocycles. The van der Waals surface area contributed by atoms with E-state index in [9.17, 15) is 23.3 Å². The number of benzene rings is 3. The maximum atomic E-state index is 13.6. The molecule has 32 heavy (non-hydrogen) atoms. The predicted octanol–water partition coefficient (Wildman–Crippen LogP) is 4.41. The zero-order chi connectivity index (χ0) is 22.9. The van der Waals surface area contributed by atoms with Gasteiger partial charge < -0.3 is 4.42 Å². The van der Waals surface area contributed by atoms with Gasteiger partial charge in [-0.15, -0.1) is 0 Å². The summed E-state index contributed by atoms with van der Waals surface area (Å²) in [6.45, 7) is 1.59. The fraction of sp³-hybridized carbons (Fsp3) is 0.0870. The fourth-order valence-electron chi connectivity index (χ4n) is 3.44. The number of sulfonamides is 1. The van der Waals surface area contributed by atoms with Gasteiger partial charge in [0.15, 0.2) is 0 Å². The lowest BCUT2D eigenvalue weighted by Gasteiger charge is -2.24. The van der Waals surface area contributed by atoms with Crippen LogP contribution in [0.1, 0.15) is 11.1 Å². The molecule has 0 unspecified atom stereocenters. The summed E-state index contributed by atoms with van der Waals surface area (Å²) < 4.78 is 33.8. The van der Waals surface area contributed by atoms with E-state index >= 15 is 0 Å². The molecular formula is C23H18N2O6S. The molecule has 0 radical (unpaired) electrons. The number of fused-ring (bicyclic) bond motifs is 1. The van der Waals surface area contributed by atoms with Crippen LogP contribution in [0.2, 0.25) is 0 Å². The first-order valence-corrected chi connectivity index (χ1v) is 11.1. The van der Waals surface area contributed by atoms with Crippen LogP contribution in [0.3, 0.4) is 0 Å². The van der Waals surface area contributed by atoms with Gasteiger partial charge in [0.2, 0.25) is 5.88 Å². The summed E-state index contributed by atoms with van der Waals surface area (Å²) in [7, 11) is -4.22.